The van der Waals surface area contributed by atoms with E-state index in [9.17, 15) is 9.59 Å². The van der Waals surface area contributed by atoms with Crippen molar-refractivity contribution in [3.05, 3.63) is 35.4 Å². The number of nitrogens with one attached hydrogen (secondary N) is 2. The van der Waals surface area contributed by atoms with Crippen molar-refractivity contribution in [1.82, 2.24) is 10.6 Å². The Bertz CT molecular complexity index is 443. The Morgan fingerprint density at radius 1 is 1.15 bits per heavy atom. The van der Waals surface area contributed by atoms with E-state index in [-0.39, 0.29) is 11.8 Å². The van der Waals surface area contributed by atoms with Crippen LogP contribution >= 0.6 is 0 Å². The topological polar surface area (TPSA) is 84.2 Å². The van der Waals surface area contributed by atoms with Crippen molar-refractivity contribution in [2.24, 2.45) is 5.73 Å². The summed E-state index contributed by atoms with van der Waals surface area (Å²) in [6.07, 6.45) is 1.54. The molecule has 110 valence electrons. The van der Waals surface area contributed by atoms with Gasteiger partial charge in [0.25, 0.3) is 5.91 Å². The van der Waals surface area contributed by atoms with Crippen LogP contribution in [0.3, 0.4) is 0 Å². The molecule has 5 heteroatoms. The van der Waals surface area contributed by atoms with Gasteiger partial charge in [-0.15, -0.1) is 0 Å². The third-order valence-corrected chi connectivity index (χ3v) is 2.96. The van der Waals surface area contributed by atoms with E-state index in [1.54, 1.807) is 12.1 Å². The molecule has 4 N–H and O–H groups in total. The monoisotopic (exact) mass is 277 g/mol. The SMILES string of the molecule is CCCC(N)C(=O)NCCNC(=O)c1ccc(C)cc1. The fourth-order valence-electron chi connectivity index (χ4n) is 1.74. The van der Waals surface area contributed by atoms with Crippen molar-refractivity contribution in [3.63, 3.8) is 0 Å². The summed E-state index contributed by atoms with van der Waals surface area (Å²) in [5.41, 5.74) is 7.40. The van der Waals surface area contributed by atoms with Gasteiger partial charge in [0.15, 0.2) is 0 Å². The summed E-state index contributed by atoms with van der Waals surface area (Å²) in [6, 6.07) is 6.87. The molecule has 0 fully saturated rings. The van der Waals surface area contributed by atoms with Crippen LogP contribution in [0, 0.1) is 6.92 Å². The lowest BCUT2D eigenvalue weighted by Crippen LogP contribution is -2.43. The molecule has 2 amide bonds. The summed E-state index contributed by atoms with van der Waals surface area (Å²) in [4.78, 5) is 23.3. The van der Waals surface area contributed by atoms with Crippen molar-refractivity contribution >= 4 is 11.8 Å². The normalized spacial score (nSPS) is 11.8. The highest BCUT2D eigenvalue weighted by Gasteiger charge is 2.11. The van der Waals surface area contributed by atoms with Crippen molar-refractivity contribution < 1.29 is 9.59 Å². The second-order valence-corrected chi connectivity index (χ2v) is 4.81. The Hall–Kier alpha value is -1.88. The van der Waals surface area contributed by atoms with Gasteiger partial charge in [0.1, 0.15) is 0 Å². The summed E-state index contributed by atoms with van der Waals surface area (Å²) in [5.74, 6) is -0.312. The van der Waals surface area contributed by atoms with Crippen LogP contribution in [0.15, 0.2) is 24.3 Å². The van der Waals surface area contributed by atoms with E-state index in [0.717, 1.165) is 12.0 Å². The highest BCUT2D eigenvalue weighted by molar-refractivity contribution is 5.94. The first kappa shape index (κ1) is 16.2. The first-order valence-electron chi connectivity index (χ1n) is 6.92. The lowest BCUT2D eigenvalue weighted by molar-refractivity contribution is -0.122. The summed E-state index contributed by atoms with van der Waals surface area (Å²) in [7, 11) is 0. The maximum absolute atomic E-state index is 11.8. The fraction of sp³-hybridized carbons (Fsp3) is 0.467. The average molecular weight is 277 g/mol. The van der Waals surface area contributed by atoms with Gasteiger partial charge in [-0.05, 0) is 25.5 Å². The summed E-state index contributed by atoms with van der Waals surface area (Å²) in [6.45, 7) is 4.72. The number of amides is 2. The van der Waals surface area contributed by atoms with Crippen LogP contribution in [0.25, 0.3) is 0 Å². The molecule has 1 unspecified atom stereocenters. The Kier molecular flexibility index (Phi) is 6.73. The van der Waals surface area contributed by atoms with Gasteiger partial charge in [0, 0.05) is 18.7 Å². The number of carbonyl (C=O) groups is 2. The summed E-state index contributed by atoms with van der Waals surface area (Å²) in [5, 5.41) is 5.45. The minimum Gasteiger partial charge on any atom is -0.353 e. The maximum atomic E-state index is 11.8. The zero-order valence-electron chi connectivity index (χ0n) is 12.1. The zero-order chi connectivity index (χ0) is 15.0. The Labute approximate surface area is 119 Å². The molecular weight excluding hydrogens is 254 g/mol. The molecule has 0 saturated carbocycles. The van der Waals surface area contributed by atoms with Crippen molar-refractivity contribution in [1.29, 1.82) is 0 Å². The highest BCUT2D eigenvalue weighted by Crippen LogP contribution is 2.02. The largest absolute Gasteiger partial charge is 0.353 e. The number of aryl methyl sites for hydroxylation is 1. The minimum atomic E-state index is -0.465. The minimum absolute atomic E-state index is 0.142. The molecular formula is C15H23N3O2. The first-order chi connectivity index (χ1) is 9.54. The Morgan fingerprint density at radius 2 is 1.75 bits per heavy atom. The average Bonchev–Trinajstić information content (AvgIpc) is 2.44. The Morgan fingerprint density at radius 3 is 2.35 bits per heavy atom. The van der Waals surface area contributed by atoms with E-state index in [1.807, 2.05) is 26.0 Å². The molecule has 5 nitrogen and oxygen atoms in total. The molecule has 0 radical (unpaired) electrons. The molecule has 0 heterocycles. The molecule has 0 aromatic heterocycles. The molecule has 0 aliphatic rings. The van der Waals surface area contributed by atoms with E-state index in [2.05, 4.69) is 10.6 Å². The van der Waals surface area contributed by atoms with Crippen LogP contribution in [0.5, 0.6) is 0 Å². The van der Waals surface area contributed by atoms with E-state index in [0.29, 0.717) is 25.1 Å². The van der Waals surface area contributed by atoms with Crippen LogP contribution in [0.2, 0.25) is 0 Å². The molecule has 0 saturated heterocycles. The number of carbonyl (C=O) groups excluding carboxylic acids is 2. The smallest absolute Gasteiger partial charge is 0.251 e. The van der Waals surface area contributed by atoms with Crippen LogP contribution in [-0.2, 0) is 4.79 Å². The van der Waals surface area contributed by atoms with Crippen molar-refractivity contribution in [2.45, 2.75) is 32.7 Å². The predicted octanol–water partition coefficient (Wildman–Crippen LogP) is 0.968. The molecule has 0 bridgehead atoms. The summed E-state index contributed by atoms with van der Waals surface area (Å²) >= 11 is 0. The van der Waals surface area contributed by atoms with E-state index < -0.39 is 6.04 Å². The zero-order valence-corrected chi connectivity index (χ0v) is 12.1. The van der Waals surface area contributed by atoms with Crippen LogP contribution < -0.4 is 16.4 Å². The van der Waals surface area contributed by atoms with Gasteiger partial charge < -0.3 is 16.4 Å². The molecule has 0 aliphatic carbocycles. The van der Waals surface area contributed by atoms with Crippen LogP contribution in [-0.4, -0.2) is 30.9 Å². The molecule has 1 rings (SSSR count). The second-order valence-electron chi connectivity index (χ2n) is 4.81. The van der Waals surface area contributed by atoms with E-state index in [1.165, 1.54) is 0 Å². The number of nitrogens with two attached hydrogens (primary N) is 1. The fourth-order valence-corrected chi connectivity index (χ4v) is 1.74. The van der Waals surface area contributed by atoms with Gasteiger partial charge in [-0.25, -0.2) is 0 Å². The van der Waals surface area contributed by atoms with Gasteiger partial charge >= 0.3 is 0 Å². The standard InChI is InChI=1S/C15H23N3O2/c1-3-4-13(16)15(20)18-10-9-17-14(19)12-7-5-11(2)6-8-12/h5-8,13H,3-4,9-10,16H2,1-2H3,(H,17,19)(H,18,20). The Balaban J connectivity index is 2.25. The third-order valence-electron chi connectivity index (χ3n) is 2.96. The van der Waals surface area contributed by atoms with Gasteiger partial charge in [0.2, 0.25) is 5.91 Å². The molecule has 20 heavy (non-hydrogen) atoms. The molecule has 1 atom stereocenters. The summed E-state index contributed by atoms with van der Waals surface area (Å²) < 4.78 is 0. The lowest BCUT2D eigenvalue weighted by atomic mass is 10.1. The number of hydrogen-bond acceptors (Lipinski definition) is 3. The van der Waals surface area contributed by atoms with E-state index >= 15 is 0 Å². The highest BCUT2D eigenvalue weighted by atomic mass is 16.2. The molecule has 1 aromatic carbocycles. The quantitative estimate of drug-likeness (QED) is 0.649. The molecule has 0 aliphatic heterocycles. The van der Waals surface area contributed by atoms with Crippen LogP contribution in [0.1, 0.15) is 35.7 Å². The number of hydrogen-bond donors (Lipinski definition) is 3. The number of benzene rings is 1. The first-order valence-corrected chi connectivity index (χ1v) is 6.92. The maximum Gasteiger partial charge on any atom is 0.251 e. The van der Waals surface area contributed by atoms with E-state index in [4.69, 9.17) is 5.73 Å². The van der Waals surface area contributed by atoms with Gasteiger partial charge in [-0.1, -0.05) is 31.0 Å². The molecule has 0 spiro atoms. The number of rotatable bonds is 7. The van der Waals surface area contributed by atoms with Gasteiger partial charge in [-0.3, -0.25) is 9.59 Å². The second kappa shape index (κ2) is 8.32. The predicted molar refractivity (Wildman–Crippen MR) is 79.4 cm³/mol. The third kappa shape index (κ3) is 5.40. The van der Waals surface area contributed by atoms with Crippen LogP contribution in [0.4, 0.5) is 0 Å². The lowest BCUT2D eigenvalue weighted by Gasteiger charge is -2.11. The van der Waals surface area contributed by atoms with Crippen molar-refractivity contribution in [2.75, 3.05) is 13.1 Å². The van der Waals surface area contributed by atoms with Crippen molar-refractivity contribution in [3.8, 4) is 0 Å². The molecule has 1 aromatic rings. The van der Waals surface area contributed by atoms with Gasteiger partial charge in [-0.2, -0.15) is 0 Å². The van der Waals surface area contributed by atoms with Gasteiger partial charge in [0.05, 0.1) is 6.04 Å².